The third kappa shape index (κ3) is 4.16. The summed E-state index contributed by atoms with van der Waals surface area (Å²) >= 11 is 12.2. The van der Waals surface area contributed by atoms with Gasteiger partial charge in [0, 0.05) is 15.6 Å². The molecule has 122 valence electrons. The van der Waals surface area contributed by atoms with Gasteiger partial charge in [0.2, 0.25) is 10.0 Å². The fraction of sp³-hybridized carbons (Fsp3) is 0.133. The molecule has 0 radical (unpaired) electrons. The first-order valence-corrected chi connectivity index (χ1v) is 9.04. The van der Waals surface area contributed by atoms with Crippen molar-refractivity contribution in [3.05, 3.63) is 63.6 Å². The van der Waals surface area contributed by atoms with Crippen LogP contribution in [0.1, 0.15) is 15.9 Å². The second-order valence-corrected chi connectivity index (χ2v) is 7.54. The lowest BCUT2D eigenvalue weighted by atomic mass is 10.2. The Morgan fingerprint density at radius 3 is 2.04 bits per heavy atom. The van der Waals surface area contributed by atoms with Gasteiger partial charge in [-0.2, -0.15) is 0 Å². The van der Waals surface area contributed by atoms with Crippen molar-refractivity contribution in [2.24, 2.45) is 0 Å². The number of carbonyl (C=O) groups is 1. The number of nitrogens with zero attached hydrogens (tertiary/aromatic N) is 1. The van der Waals surface area contributed by atoms with Crippen LogP contribution < -0.4 is 4.31 Å². The first kappa shape index (κ1) is 17.6. The van der Waals surface area contributed by atoms with Gasteiger partial charge in [0.15, 0.2) is 0 Å². The van der Waals surface area contributed by atoms with Crippen LogP contribution in [0.3, 0.4) is 0 Å². The van der Waals surface area contributed by atoms with E-state index in [2.05, 4.69) is 0 Å². The number of benzene rings is 2. The molecule has 0 heterocycles. The van der Waals surface area contributed by atoms with Gasteiger partial charge in [-0.1, -0.05) is 29.3 Å². The number of sulfonamides is 1. The normalized spacial score (nSPS) is 11.3. The molecule has 0 aliphatic rings. The fourth-order valence-electron chi connectivity index (χ4n) is 2.00. The van der Waals surface area contributed by atoms with Crippen LogP contribution in [0.5, 0.6) is 0 Å². The van der Waals surface area contributed by atoms with Gasteiger partial charge in [-0.15, -0.1) is 0 Å². The first-order valence-electron chi connectivity index (χ1n) is 6.44. The molecule has 0 saturated carbocycles. The number of rotatable bonds is 5. The maximum atomic E-state index is 12.1. The number of hydrogen-bond donors (Lipinski definition) is 1. The maximum absolute atomic E-state index is 12.1. The summed E-state index contributed by atoms with van der Waals surface area (Å²) in [7, 11) is -3.61. The van der Waals surface area contributed by atoms with Crippen molar-refractivity contribution in [2.45, 2.75) is 6.54 Å². The molecule has 0 saturated heterocycles. The largest absolute Gasteiger partial charge is 0.478 e. The highest BCUT2D eigenvalue weighted by atomic mass is 35.5. The highest BCUT2D eigenvalue weighted by Gasteiger charge is 2.20. The maximum Gasteiger partial charge on any atom is 0.335 e. The average molecular weight is 374 g/mol. The molecular formula is C15H13Cl2NO4S. The second kappa shape index (κ2) is 6.78. The van der Waals surface area contributed by atoms with E-state index in [-0.39, 0.29) is 12.1 Å². The molecular weight excluding hydrogens is 361 g/mol. The number of carboxylic acids is 1. The Morgan fingerprint density at radius 2 is 1.61 bits per heavy atom. The molecule has 23 heavy (non-hydrogen) atoms. The molecule has 0 aliphatic heterocycles. The van der Waals surface area contributed by atoms with Gasteiger partial charge in [-0.3, -0.25) is 4.31 Å². The predicted octanol–water partition coefficient (Wildman–Crippen LogP) is 3.66. The zero-order valence-corrected chi connectivity index (χ0v) is 14.4. The first-order chi connectivity index (χ1) is 10.7. The zero-order valence-electron chi connectivity index (χ0n) is 12.0. The smallest absolute Gasteiger partial charge is 0.335 e. The third-order valence-electron chi connectivity index (χ3n) is 3.17. The van der Waals surface area contributed by atoms with E-state index in [0.717, 1.165) is 10.6 Å². The van der Waals surface area contributed by atoms with Crippen LogP contribution in [0.4, 0.5) is 5.69 Å². The van der Waals surface area contributed by atoms with Crippen molar-refractivity contribution < 1.29 is 18.3 Å². The van der Waals surface area contributed by atoms with E-state index in [9.17, 15) is 13.2 Å². The number of aromatic carboxylic acids is 1. The highest BCUT2D eigenvalue weighted by Crippen LogP contribution is 2.29. The van der Waals surface area contributed by atoms with E-state index in [1.54, 1.807) is 18.2 Å². The summed E-state index contributed by atoms with van der Waals surface area (Å²) in [6, 6.07) is 10.4. The quantitative estimate of drug-likeness (QED) is 0.867. The Morgan fingerprint density at radius 1 is 1.09 bits per heavy atom. The van der Waals surface area contributed by atoms with Crippen molar-refractivity contribution in [1.29, 1.82) is 0 Å². The van der Waals surface area contributed by atoms with E-state index in [4.69, 9.17) is 28.3 Å². The SMILES string of the molecule is CS(=O)(=O)N(Cc1c(Cl)cccc1Cl)c1ccc(C(=O)O)cc1. The molecule has 0 atom stereocenters. The molecule has 0 spiro atoms. The molecule has 0 amide bonds. The van der Waals surface area contributed by atoms with Crippen LogP contribution in [0.25, 0.3) is 0 Å². The summed E-state index contributed by atoms with van der Waals surface area (Å²) in [5.74, 6) is -1.09. The van der Waals surface area contributed by atoms with E-state index in [1.807, 2.05) is 0 Å². The monoisotopic (exact) mass is 373 g/mol. The van der Waals surface area contributed by atoms with Gasteiger partial charge in [0.25, 0.3) is 0 Å². The van der Waals surface area contributed by atoms with Crippen LogP contribution >= 0.6 is 23.2 Å². The minimum absolute atomic E-state index is 0.0518. The average Bonchev–Trinajstić information content (AvgIpc) is 2.46. The fourth-order valence-corrected chi connectivity index (χ4v) is 3.38. The molecule has 0 unspecified atom stereocenters. The second-order valence-electron chi connectivity index (χ2n) is 4.82. The Bertz CT molecular complexity index is 815. The number of anilines is 1. The minimum atomic E-state index is -3.61. The van der Waals surface area contributed by atoms with Gasteiger partial charge < -0.3 is 5.11 Å². The van der Waals surface area contributed by atoms with Crippen LogP contribution in [-0.2, 0) is 16.6 Å². The summed E-state index contributed by atoms with van der Waals surface area (Å²) in [6.45, 7) is -0.0518. The van der Waals surface area contributed by atoms with Crippen molar-refractivity contribution in [1.82, 2.24) is 0 Å². The molecule has 5 nitrogen and oxygen atoms in total. The Kier molecular flexibility index (Phi) is 5.19. The summed E-state index contributed by atoms with van der Waals surface area (Å²) in [6.07, 6.45) is 1.06. The molecule has 0 aromatic heterocycles. The van der Waals surface area contributed by atoms with Gasteiger partial charge in [-0.25, -0.2) is 13.2 Å². The summed E-state index contributed by atoms with van der Waals surface area (Å²) in [5, 5.41) is 9.63. The Labute approximate surface area is 144 Å². The molecule has 8 heteroatoms. The summed E-state index contributed by atoms with van der Waals surface area (Å²) in [4.78, 5) is 10.9. The van der Waals surface area contributed by atoms with Crippen LogP contribution in [-0.4, -0.2) is 25.7 Å². The van der Waals surface area contributed by atoms with Crippen LogP contribution in [0.2, 0.25) is 10.0 Å². The highest BCUT2D eigenvalue weighted by molar-refractivity contribution is 7.92. The Balaban J connectivity index is 2.45. The number of carboxylic acid groups (broad SMARTS) is 1. The molecule has 2 rings (SSSR count). The van der Waals surface area contributed by atoms with Gasteiger partial charge in [-0.05, 0) is 36.4 Å². The minimum Gasteiger partial charge on any atom is -0.478 e. The molecule has 0 aliphatic carbocycles. The molecule has 2 aromatic rings. The van der Waals surface area contributed by atoms with E-state index >= 15 is 0 Å². The summed E-state index contributed by atoms with van der Waals surface area (Å²) < 4.78 is 25.3. The third-order valence-corrected chi connectivity index (χ3v) is 5.01. The van der Waals surface area contributed by atoms with E-state index in [0.29, 0.717) is 21.3 Å². The lowest BCUT2D eigenvalue weighted by Gasteiger charge is -2.23. The molecule has 0 fully saturated rings. The van der Waals surface area contributed by atoms with E-state index < -0.39 is 16.0 Å². The van der Waals surface area contributed by atoms with E-state index in [1.165, 1.54) is 24.3 Å². The van der Waals surface area contributed by atoms with Crippen molar-refractivity contribution in [2.75, 3.05) is 10.6 Å². The number of hydrogen-bond acceptors (Lipinski definition) is 3. The lowest BCUT2D eigenvalue weighted by Crippen LogP contribution is -2.29. The summed E-state index contributed by atoms with van der Waals surface area (Å²) in [5.41, 5.74) is 0.870. The molecule has 1 N–H and O–H groups in total. The van der Waals surface area contributed by atoms with Crippen molar-refractivity contribution >= 4 is 44.9 Å². The van der Waals surface area contributed by atoms with Gasteiger partial charge in [0.1, 0.15) is 0 Å². The topological polar surface area (TPSA) is 74.7 Å². The standard InChI is InChI=1S/C15H13Cl2NO4S/c1-23(21,22)18(9-12-13(16)3-2-4-14(12)17)11-7-5-10(6-8-11)15(19)20/h2-8H,9H2,1H3,(H,19,20). The van der Waals surface area contributed by atoms with Crippen molar-refractivity contribution in [3.8, 4) is 0 Å². The molecule has 0 bridgehead atoms. The Hall–Kier alpha value is -1.76. The predicted molar refractivity (Wildman–Crippen MR) is 90.9 cm³/mol. The van der Waals surface area contributed by atoms with Crippen LogP contribution in [0, 0.1) is 0 Å². The zero-order chi connectivity index (χ0) is 17.2. The molecule has 2 aromatic carbocycles. The van der Waals surface area contributed by atoms with Gasteiger partial charge >= 0.3 is 5.97 Å². The van der Waals surface area contributed by atoms with Crippen molar-refractivity contribution in [3.63, 3.8) is 0 Å². The number of halogens is 2. The van der Waals surface area contributed by atoms with Gasteiger partial charge in [0.05, 0.1) is 24.1 Å². The lowest BCUT2D eigenvalue weighted by molar-refractivity contribution is 0.0697. The van der Waals surface area contributed by atoms with Crippen LogP contribution in [0.15, 0.2) is 42.5 Å².